The number of nitrogens with one attached hydrogen (secondary N) is 1. The van der Waals surface area contributed by atoms with Gasteiger partial charge in [-0.1, -0.05) is 0 Å². The zero-order valence-electron chi connectivity index (χ0n) is 15.1. The molecule has 3 rings (SSSR count). The monoisotopic (exact) mass is 360 g/mol. The van der Waals surface area contributed by atoms with Gasteiger partial charge in [0.15, 0.2) is 0 Å². The number of aryl methyl sites for hydroxylation is 2. The molecule has 0 spiro atoms. The van der Waals surface area contributed by atoms with Crippen LogP contribution in [-0.2, 0) is 18.3 Å². The fourth-order valence-corrected chi connectivity index (χ4v) is 2.86. The molecule has 1 aliphatic rings. The minimum absolute atomic E-state index is 0.0127. The van der Waals surface area contributed by atoms with E-state index < -0.39 is 0 Å². The Balaban J connectivity index is 1.49. The third-order valence-corrected chi connectivity index (χ3v) is 4.41. The minimum atomic E-state index is -0.180. The maximum absolute atomic E-state index is 12.1. The van der Waals surface area contributed by atoms with Gasteiger partial charge in [-0.15, -0.1) is 0 Å². The lowest BCUT2D eigenvalue weighted by atomic mass is 10.2. The van der Waals surface area contributed by atoms with Crippen LogP contribution in [0.5, 0.6) is 0 Å². The molecule has 2 aromatic rings. The van der Waals surface area contributed by atoms with Crippen LogP contribution in [-0.4, -0.2) is 57.8 Å². The van der Waals surface area contributed by atoms with Crippen molar-refractivity contribution < 1.29 is 9.53 Å². The van der Waals surface area contributed by atoms with Crippen molar-refractivity contribution in [3.8, 4) is 0 Å². The van der Waals surface area contributed by atoms with E-state index in [2.05, 4.69) is 20.4 Å². The Morgan fingerprint density at radius 1 is 1.46 bits per heavy atom. The number of carbonyl (C=O) groups is 1. The molecule has 2 aromatic heterocycles. The first kappa shape index (κ1) is 18.1. The third kappa shape index (κ3) is 4.29. The Labute approximate surface area is 151 Å². The molecule has 0 aromatic carbocycles. The van der Waals surface area contributed by atoms with Crippen LogP contribution >= 0.6 is 0 Å². The van der Waals surface area contributed by atoms with Gasteiger partial charge in [0.05, 0.1) is 24.6 Å². The summed E-state index contributed by atoms with van der Waals surface area (Å²) in [4.78, 5) is 25.9. The number of nitrogens with zero attached hydrogens (tertiary/aromatic N) is 5. The van der Waals surface area contributed by atoms with Crippen molar-refractivity contribution in [2.45, 2.75) is 26.0 Å². The number of amides is 1. The van der Waals surface area contributed by atoms with Crippen molar-refractivity contribution in [3.63, 3.8) is 0 Å². The van der Waals surface area contributed by atoms with E-state index in [1.165, 1.54) is 4.68 Å². The smallest absolute Gasteiger partial charge is 0.271 e. The summed E-state index contributed by atoms with van der Waals surface area (Å²) in [6.45, 7) is 5.16. The van der Waals surface area contributed by atoms with Crippen LogP contribution in [0.2, 0.25) is 0 Å². The Morgan fingerprint density at radius 2 is 2.31 bits per heavy atom. The Morgan fingerprint density at radius 3 is 3.04 bits per heavy atom. The third-order valence-electron chi connectivity index (χ3n) is 4.41. The molecule has 9 nitrogen and oxygen atoms in total. The van der Waals surface area contributed by atoms with Gasteiger partial charge < -0.3 is 15.0 Å². The zero-order valence-corrected chi connectivity index (χ0v) is 15.1. The topological polar surface area (TPSA) is 94.3 Å². The molecule has 1 saturated heterocycles. The van der Waals surface area contributed by atoms with E-state index >= 15 is 0 Å². The standard InChI is InChI=1S/C17H24N6O3/c1-3-23-7-5-15(20-23)17(25)18-6-4-14-12-22(8-9-26-14)13-10-16(24)21(2)19-11-13/h5,7,10-11,14H,3-4,6,8-9,12H2,1-2H3,(H,18,25)/t14-/m1/s1. The summed E-state index contributed by atoms with van der Waals surface area (Å²) in [5, 5.41) is 11.1. The number of aromatic nitrogens is 4. The molecule has 0 unspecified atom stereocenters. The van der Waals surface area contributed by atoms with Gasteiger partial charge in [-0.05, 0) is 19.4 Å². The van der Waals surface area contributed by atoms with Crippen LogP contribution < -0.4 is 15.8 Å². The predicted molar refractivity (Wildman–Crippen MR) is 96.3 cm³/mol. The molecule has 0 saturated carbocycles. The lowest BCUT2D eigenvalue weighted by Gasteiger charge is -2.34. The van der Waals surface area contributed by atoms with Gasteiger partial charge in [-0.25, -0.2) is 4.68 Å². The quantitative estimate of drug-likeness (QED) is 0.781. The van der Waals surface area contributed by atoms with Gasteiger partial charge in [0.25, 0.3) is 11.5 Å². The molecule has 1 atom stereocenters. The highest BCUT2D eigenvalue weighted by molar-refractivity contribution is 5.92. The Hall–Kier alpha value is -2.68. The van der Waals surface area contributed by atoms with Gasteiger partial charge in [-0.3, -0.25) is 14.3 Å². The minimum Gasteiger partial charge on any atom is -0.374 e. The molecule has 1 amide bonds. The number of morpholine rings is 1. The van der Waals surface area contributed by atoms with E-state index in [0.717, 1.165) is 12.2 Å². The molecule has 1 fully saturated rings. The second-order valence-corrected chi connectivity index (χ2v) is 6.22. The number of hydrogen-bond donors (Lipinski definition) is 1. The summed E-state index contributed by atoms with van der Waals surface area (Å²) < 4.78 is 8.80. The molecule has 26 heavy (non-hydrogen) atoms. The van der Waals surface area contributed by atoms with Crippen molar-refractivity contribution in [3.05, 3.63) is 40.6 Å². The summed E-state index contributed by atoms with van der Waals surface area (Å²) in [6, 6.07) is 3.29. The highest BCUT2D eigenvalue weighted by Crippen LogP contribution is 2.16. The molecule has 0 bridgehead atoms. The van der Waals surface area contributed by atoms with Crippen LogP contribution in [0.3, 0.4) is 0 Å². The zero-order chi connectivity index (χ0) is 18.5. The summed E-state index contributed by atoms with van der Waals surface area (Å²) in [7, 11) is 1.63. The molecular formula is C17H24N6O3. The lowest BCUT2D eigenvalue weighted by molar-refractivity contribution is 0.0353. The van der Waals surface area contributed by atoms with E-state index in [1.54, 1.807) is 36.3 Å². The van der Waals surface area contributed by atoms with E-state index in [4.69, 9.17) is 4.74 Å². The van der Waals surface area contributed by atoms with Crippen LogP contribution in [0.4, 0.5) is 5.69 Å². The maximum atomic E-state index is 12.1. The van der Waals surface area contributed by atoms with E-state index in [-0.39, 0.29) is 17.6 Å². The van der Waals surface area contributed by atoms with Crippen molar-refractivity contribution >= 4 is 11.6 Å². The van der Waals surface area contributed by atoms with Gasteiger partial charge in [0, 0.05) is 45.5 Å². The maximum Gasteiger partial charge on any atom is 0.271 e. The van der Waals surface area contributed by atoms with E-state index in [9.17, 15) is 9.59 Å². The summed E-state index contributed by atoms with van der Waals surface area (Å²) in [5.41, 5.74) is 1.09. The molecule has 9 heteroatoms. The first-order valence-corrected chi connectivity index (χ1v) is 8.78. The van der Waals surface area contributed by atoms with Crippen LogP contribution in [0.25, 0.3) is 0 Å². The van der Waals surface area contributed by atoms with E-state index in [1.807, 2.05) is 6.92 Å². The van der Waals surface area contributed by atoms with Crippen molar-refractivity contribution in [1.29, 1.82) is 0 Å². The fraction of sp³-hybridized carbons (Fsp3) is 0.529. The largest absolute Gasteiger partial charge is 0.374 e. The molecule has 140 valence electrons. The number of ether oxygens (including phenoxy) is 1. The number of hydrogen-bond acceptors (Lipinski definition) is 6. The first-order chi connectivity index (χ1) is 12.6. The normalized spacial score (nSPS) is 17.3. The second kappa shape index (κ2) is 8.13. The number of anilines is 1. The number of rotatable bonds is 6. The Bertz CT molecular complexity index is 815. The molecular weight excluding hydrogens is 336 g/mol. The highest BCUT2D eigenvalue weighted by atomic mass is 16.5. The number of carbonyl (C=O) groups excluding carboxylic acids is 1. The second-order valence-electron chi connectivity index (χ2n) is 6.22. The van der Waals surface area contributed by atoms with Crippen molar-refractivity contribution in [2.75, 3.05) is 31.1 Å². The van der Waals surface area contributed by atoms with Crippen LogP contribution in [0, 0.1) is 0 Å². The van der Waals surface area contributed by atoms with Gasteiger partial charge in [-0.2, -0.15) is 10.2 Å². The molecule has 1 aliphatic heterocycles. The van der Waals surface area contributed by atoms with Crippen LogP contribution in [0.15, 0.2) is 29.3 Å². The lowest BCUT2D eigenvalue weighted by Crippen LogP contribution is -2.44. The average Bonchev–Trinajstić information content (AvgIpc) is 3.13. The SMILES string of the molecule is CCn1ccc(C(=O)NCC[C@@H]2CN(c3cnn(C)c(=O)c3)CCO2)n1. The summed E-state index contributed by atoms with van der Waals surface area (Å²) in [5.74, 6) is -0.180. The summed E-state index contributed by atoms with van der Waals surface area (Å²) in [6.07, 6.45) is 4.15. The van der Waals surface area contributed by atoms with E-state index in [0.29, 0.717) is 38.4 Å². The predicted octanol–water partition coefficient (Wildman–Crippen LogP) is 0.0220. The van der Waals surface area contributed by atoms with Crippen LogP contribution in [0.1, 0.15) is 23.8 Å². The molecule has 1 N–H and O–H groups in total. The average molecular weight is 360 g/mol. The van der Waals surface area contributed by atoms with Crippen molar-refractivity contribution in [2.24, 2.45) is 7.05 Å². The van der Waals surface area contributed by atoms with Crippen molar-refractivity contribution in [1.82, 2.24) is 24.9 Å². The Kier molecular flexibility index (Phi) is 5.67. The summed E-state index contributed by atoms with van der Waals surface area (Å²) >= 11 is 0. The molecule has 3 heterocycles. The first-order valence-electron chi connectivity index (χ1n) is 8.78. The molecule has 0 radical (unpaired) electrons. The fourth-order valence-electron chi connectivity index (χ4n) is 2.86. The highest BCUT2D eigenvalue weighted by Gasteiger charge is 2.21. The molecule has 0 aliphatic carbocycles. The van der Waals surface area contributed by atoms with Gasteiger partial charge >= 0.3 is 0 Å². The van der Waals surface area contributed by atoms with Gasteiger partial charge in [0.2, 0.25) is 0 Å². The van der Waals surface area contributed by atoms with Gasteiger partial charge in [0.1, 0.15) is 5.69 Å².